The molecule has 31 heavy (non-hydrogen) atoms. The molecule has 0 spiro atoms. The van der Waals surface area contributed by atoms with Crippen LogP contribution in [0.5, 0.6) is 0 Å². The molecule has 0 fully saturated rings. The van der Waals surface area contributed by atoms with Crippen molar-refractivity contribution in [1.82, 2.24) is 9.55 Å². The highest BCUT2D eigenvalue weighted by atomic mass is 16.4. The molecule has 0 N–H and O–H groups in total. The van der Waals surface area contributed by atoms with E-state index in [4.69, 9.17) is 32.5 Å². The largest absolute Gasteiger partial charge is 0.455 e. The number of allylic oxidation sites excluding steroid dienone is 4. The van der Waals surface area contributed by atoms with E-state index in [0.717, 1.165) is 11.4 Å². The van der Waals surface area contributed by atoms with E-state index in [1.165, 1.54) is 12.2 Å². The van der Waals surface area contributed by atoms with Gasteiger partial charge < -0.3 is 13.4 Å². The van der Waals surface area contributed by atoms with Crippen molar-refractivity contribution in [2.24, 2.45) is 0 Å². The van der Waals surface area contributed by atoms with Crippen molar-refractivity contribution in [1.29, 1.82) is 10.5 Å². The van der Waals surface area contributed by atoms with Crippen molar-refractivity contribution in [2.75, 3.05) is 0 Å². The minimum atomic E-state index is -0.107. The van der Waals surface area contributed by atoms with Crippen LogP contribution in [0.2, 0.25) is 0 Å². The van der Waals surface area contributed by atoms with Gasteiger partial charge >= 0.3 is 0 Å². The van der Waals surface area contributed by atoms with E-state index in [-0.39, 0.29) is 17.3 Å². The summed E-state index contributed by atoms with van der Waals surface area (Å²) in [7, 11) is 0. The molecule has 0 aliphatic heterocycles. The van der Waals surface area contributed by atoms with Crippen LogP contribution in [0, 0.1) is 35.8 Å². The quantitative estimate of drug-likeness (QED) is 0.304. The van der Waals surface area contributed by atoms with Crippen LogP contribution in [0.15, 0.2) is 62.8 Å². The lowest BCUT2D eigenvalue weighted by molar-refractivity contribution is 0.549. The first-order valence-corrected chi connectivity index (χ1v) is 9.04. The van der Waals surface area contributed by atoms with Gasteiger partial charge in [0.05, 0.1) is 42.9 Å². The highest BCUT2D eigenvalue weighted by Crippen LogP contribution is 2.31. The van der Waals surface area contributed by atoms with E-state index in [9.17, 15) is 0 Å². The molecule has 0 amide bonds. The number of furan rings is 1. The molecule has 0 saturated carbocycles. The van der Waals surface area contributed by atoms with Crippen LogP contribution in [0.25, 0.3) is 44.8 Å². The fourth-order valence-corrected chi connectivity index (χ4v) is 2.83. The highest BCUT2D eigenvalue weighted by Gasteiger charge is 2.16. The smallest absolute Gasteiger partial charge is 0.267 e. The SMILES string of the molecule is [C-]#[N+]/C(C#N)=C\C=C\c1ccc(-c2ccc(-c3cnc(/C=C(\C#N)[N+]#[C-])o3)n2CC)o1. The zero-order valence-corrected chi connectivity index (χ0v) is 16.4. The van der Waals surface area contributed by atoms with E-state index >= 15 is 0 Å². The molecule has 0 aromatic carbocycles. The summed E-state index contributed by atoms with van der Waals surface area (Å²) < 4.78 is 13.6. The normalized spacial score (nSPS) is 11.6. The zero-order chi connectivity index (χ0) is 22.2. The predicted octanol–water partition coefficient (Wildman–Crippen LogP) is 5.55. The monoisotopic (exact) mass is 406 g/mol. The Morgan fingerprint density at radius 1 is 1.06 bits per heavy atom. The van der Waals surface area contributed by atoms with Crippen LogP contribution in [0.4, 0.5) is 0 Å². The average molecular weight is 406 g/mol. The maximum atomic E-state index is 8.88. The lowest BCUT2D eigenvalue weighted by atomic mass is 10.3. The van der Waals surface area contributed by atoms with Gasteiger partial charge in [-0.05, 0) is 43.3 Å². The molecule has 8 heteroatoms. The molecular formula is C23H14N6O2. The van der Waals surface area contributed by atoms with E-state index in [1.54, 1.807) is 36.6 Å². The second kappa shape index (κ2) is 9.43. The number of hydrogen-bond acceptors (Lipinski definition) is 5. The summed E-state index contributed by atoms with van der Waals surface area (Å²) in [5.74, 6) is 1.90. The molecule has 0 atom stereocenters. The van der Waals surface area contributed by atoms with Crippen LogP contribution in [0.1, 0.15) is 18.6 Å². The summed E-state index contributed by atoms with van der Waals surface area (Å²) >= 11 is 0. The van der Waals surface area contributed by atoms with Crippen molar-refractivity contribution in [3.63, 3.8) is 0 Å². The molecule has 0 radical (unpaired) electrons. The van der Waals surface area contributed by atoms with Crippen LogP contribution >= 0.6 is 0 Å². The zero-order valence-electron chi connectivity index (χ0n) is 16.4. The van der Waals surface area contributed by atoms with Crippen molar-refractivity contribution >= 4 is 12.2 Å². The maximum Gasteiger partial charge on any atom is 0.267 e. The summed E-state index contributed by atoms with van der Waals surface area (Å²) in [5, 5.41) is 17.6. The topological polar surface area (TPSA) is 100 Å². The Bertz CT molecular complexity index is 1330. The molecule has 0 unspecified atom stereocenters. The van der Waals surface area contributed by atoms with Gasteiger partial charge in [-0.1, -0.05) is 6.08 Å². The lowest BCUT2D eigenvalue weighted by Gasteiger charge is -2.07. The first-order valence-electron chi connectivity index (χ1n) is 9.04. The Balaban J connectivity index is 1.90. The number of rotatable bonds is 6. The van der Waals surface area contributed by atoms with Gasteiger partial charge in [0, 0.05) is 12.6 Å². The molecule has 3 heterocycles. The van der Waals surface area contributed by atoms with E-state index < -0.39 is 0 Å². The van der Waals surface area contributed by atoms with E-state index in [0.29, 0.717) is 23.8 Å². The predicted molar refractivity (Wildman–Crippen MR) is 113 cm³/mol. The van der Waals surface area contributed by atoms with Gasteiger partial charge in [0.25, 0.3) is 11.4 Å². The number of hydrogen-bond donors (Lipinski definition) is 0. The Labute approximate surface area is 178 Å². The van der Waals surface area contributed by atoms with Gasteiger partial charge in [-0.15, -0.1) is 0 Å². The number of aromatic nitrogens is 2. The van der Waals surface area contributed by atoms with Crippen LogP contribution in [-0.4, -0.2) is 9.55 Å². The van der Waals surface area contributed by atoms with Gasteiger partial charge in [-0.3, -0.25) is 0 Å². The number of nitriles is 2. The molecule has 0 aliphatic carbocycles. The van der Waals surface area contributed by atoms with Gasteiger partial charge in [-0.2, -0.15) is 0 Å². The fraction of sp³-hybridized carbons (Fsp3) is 0.0870. The van der Waals surface area contributed by atoms with Crippen LogP contribution in [0.3, 0.4) is 0 Å². The molecule has 3 aromatic heterocycles. The van der Waals surface area contributed by atoms with Gasteiger partial charge in [0.2, 0.25) is 5.89 Å². The van der Waals surface area contributed by atoms with Crippen LogP contribution in [-0.2, 0) is 6.54 Å². The van der Waals surface area contributed by atoms with Gasteiger partial charge in [0.1, 0.15) is 5.76 Å². The fourth-order valence-electron chi connectivity index (χ4n) is 2.83. The summed E-state index contributed by atoms with van der Waals surface area (Å²) in [4.78, 5) is 10.3. The first-order chi connectivity index (χ1) is 15.1. The Hall–Kier alpha value is -5.05. The molecular weight excluding hydrogens is 392 g/mol. The first kappa shape index (κ1) is 20.7. The summed E-state index contributed by atoms with van der Waals surface area (Å²) in [6, 6.07) is 11.0. The third-order valence-electron chi connectivity index (χ3n) is 4.20. The minimum absolute atomic E-state index is 0.00732. The molecule has 3 aromatic rings. The van der Waals surface area contributed by atoms with E-state index in [2.05, 4.69) is 14.7 Å². The molecule has 8 nitrogen and oxygen atoms in total. The standard InChI is InChI=1S/C23H14N6O2/c1-4-29-19(21-11-8-18(30-21)7-5-6-16(13-24)26-2)9-10-20(29)22-15-28-23(31-22)12-17(14-25)27-3/h5-12,15H,4H2,1H3/b7-5+,16-6-,17-12+. The van der Waals surface area contributed by atoms with E-state index in [1.807, 2.05) is 29.7 Å². The maximum absolute atomic E-state index is 8.88. The summed E-state index contributed by atoms with van der Waals surface area (Å²) in [6.07, 6.45) is 7.52. The summed E-state index contributed by atoms with van der Waals surface area (Å²) in [6.45, 7) is 16.4. The lowest BCUT2D eigenvalue weighted by Crippen LogP contribution is -1.98. The molecule has 148 valence electrons. The Morgan fingerprint density at radius 2 is 1.77 bits per heavy atom. The van der Waals surface area contributed by atoms with Crippen molar-refractivity contribution in [2.45, 2.75) is 13.5 Å². The number of oxazole rings is 1. The third-order valence-corrected chi connectivity index (χ3v) is 4.20. The molecule has 0 bridgehead atoms. The van der Waals surface area contributed by atoms with Crippen LogP contribution < -0.4 is 0 Å². The van der Waals surface area contributed by atoms with Crippen molar-refractivity contribution < 1.29 is 8.83 Å². The highest BCUT2D eigenvalue weighted by molar-refractivity contribution is 5.66. The van der Waals surface area contributed by atoms with Crippen molar-refractivity contribution in [3.05, 3.63) is 88.5 Å². The molecule has 0 saturated heterocycles. The summed E-state index contributed by atoms with van der Waals surface area (Å²) in [5.41, 5.74) is 1.49. The second-order valence-electron chi connectivity index (χ2n) is 6.00. The Kier molecular flexibility index (Phi) is 6.29. The molecule has 0 aliphatic rings. The van der Waals surface area contributed by atoms with Gasteiger partial charge in [0.15, 0.2) is 11.5 Å². The number of nitrogens with zero attached hydrogens (tertiary/aromatic N) is 6. The third kappa shape index (κ3) is 4.51. The van der Waals surface area contributed by atoms with Crippen molar-refractivity contribution in [3.8, 4) is 35.0 Å². The van der Waals surface area contributed by atoms with Gasteiger partial charge in [-0.25, -0.2) is 25.2 Å². The second-order valence-corrected chi connectivity index (χ2v) is 6.00. The Morgan fingerprint density at radius 3 is 2.42 bits per heavy atom. The average Bonchev–Trinajstić information content (AvgIpc) is 3.53. The minimum Gasteiger partial charge on any atom is -0.455 e. The molecule has 3 rings (SSSR count).